The number of carbonyl (C=O) groups excluding carboxylic acids is 1. The van der Waals surface area contributed by atoms with E-state index in [1.807, 2.05) is 0 Å². The largest absolute Gasteiger partial charge is 0.393 e. The fourth-order valence-corrected chi connectivity index (χ4v) is 1.27. The van der Waals surface area contributed by atoms with Gasteiger partial charge in [0.25, 0.3) is 0 Å². The quantitative estimate of drug-likeness (QED) is 0.451. The average Bonchev–Trinajstić information content (AvgIpc) is 2.03. The minimum absolute atomic E-state index is 0.0382. The molecule has 0 bridgehead atoms. The summed E-state index contributed by atoms with van der Waals surface area (Å²) in [6.07, 6.45) is 0.950. The first-order chi connectivity index (χ1) is 5.24. The third-order valence-corrected chi connectivity index (χ3v) is 1.94. The van der Waals surface area contributed by atoms with Crippen molar-refractivity contribution in [3.8, 4) is 0 Å². The van der Waals surface area contributed by atoms with Crippen molar-refractivity contribution in [2.75, 3.05) is 13.6 Å². The Morgan fingerprint density at radius 2 is 2.45 bits per heavy atom. The molecule has 1 aliphatic rings. The zero-order chi connectivity index (χ0) is 8.27. The summed E-state index contributed by atoms with van der Waals surface area (Å²) in [6.45, 7) is 0.721. The highest BCUT2D eigenvalue weighted by Crippen LogP contribution is 2.07. The summed E-state index contributed by atoms with van der Waals surface area (Å²) in [4.78, 5) is 11.0. The molecule has 0 aromatic carbocycles. The van der Waals surface area contributed by atoms with Crippen molar-refractivity contribution < 1.29 is 9.90 Å². The molecule has 0 radical (unpaired) electrons. The molecule has 2 unspecified atom stereocenters. The van der Waals surface area contributed by atoms with E-state index in [9.17, 15) is 9.90 Å². The first kappa shape index (κ1) is 8.49. The Bertz CT molecular complexity index is 149. The molecule has 1 amide bonds. The molecule has 0 aliphatic carbocycles. The minimum atomic E-state index is -0.321. The van der Waals surface area contributed by atoms with Crippen molar-refractivity contribution in [2.45, 2.75) is 25.0 Å². The van der Waals surface area contributed by atoms with Crippen LogP contribution in [0.5, 0.6) is 0 Å². The van der Waals surface area contributed by atoms with Gasteiger partial charge in [0.15, 0.2) is 0 Å². The Morgan fingerprint density at radius 1 is 1.73 bits per heavy atom. The van der Waals surface area contributed by atoms with Gasteiger partial charge in [-0.1, -0.05) is 0 Å². The van der Waals surface area contributed by atoms with Gasteiger partial charge >= 0.3 is 0 Å². The summed E-state index contributed by atoms with van der Waals surface area (Å²) < 4.78 is 0. The molecule has 0 aromatic heterocycles. The summed E-state index contributed by atoms with van der Waals surface area (Å²) >= 11 is 0. The normalized spacial score (nSPS) is 31.5. The van der Waals surface area contributed by atoms with E-state index >= 15 is 0 Å². The van der Waals surface area contributed by atoms with Crippen LogP contribution in [0.15, 0.2) is 0 Å². The zero-order valence-electron chi connectivity index (χ0n) is 6.63. The van der Waals surface area contributed by atoms with Gasteiger partial charge in [0, 0.05) is 7.05 Å². The van der Waals surface area contributed by atoms with E-state index < -0.39 is 0 Å². The molecular weight excluding hydrogens is 144 g/mol. The molecule has 1 heterocycles. The number of aliphatic hydroxyl groups excluding tert-OH is 1. The van der Waals surface area contributed by atoms with Gasteiger partial charge in [-0.25, -0.2) is 0 Å². The molecule has 11 heavy (non-hydrogen) atoms. The fourth-order valence-electron chi connectivity index (χ4n) is 1.27. The van der Waals surface area contributed by atoms with E-state index in [4.69, 9.17) is 0 Å². The number of amides is 1. The molecule has 1 saturated heterocycles. The Balaban J connectivity index is 2.39. The highest BCUT2D eigenvalue weighted by atomic mass is 16.3. The van der Waals surface area contributed by atoms with Crippen LogP contribution < -0.4 is 10.6 Å². The van der Waals surface area contributed by atoms with Crippen molar-refractivity contribution in [3.63, 3.8) is 0 Å². The van der Waals surface area contributed by atoms with E-state index in [-0.39, 0.29) is 18.1 Å². The van der Waals surface area contributed by atoms with Gasteiger partial charge in [-0.2, -0.15) is 0 Å². The van der Waals surface area contributed by atoms with Crippen molar-refractivity contribution in [1.29, 1.82) is 0 Å². The van der Waals surface area contributed by atoms with E-state index in [1.54, 1.807) is 7.05 Å². The molecule has 1 fully saturated rings. The lowest BCUT2D eigenvalue weighted by Gasteiger charge is -2.25. The second-order valence-corrected chi connectivity index (χ2v) is 2.80. The van der Waals surface area contributed by atoms with Crippen LogP contribution in [0.1, 0.15) is 12.8 Å². The van der Waals surface area contributed by atoms with Crippen LogP contribution in [0, 0.1) is 0 Å². The third kappa shape index (κ3) is 2.17. The Labute approximate surface area is 66.0 Å². The highest BCUT2D eigenvalue weighted by molar-refractivity contribution is 5.81. The van der Waals surface area contributed by atoms with Crippen LogP contribution in [-0.4, -0.2) is 36.8 Å². The smallest absolute Gasteiger partial charge is 0.236 e. The molecular formula is C7H14N2O2. The predicted molar refractivity (Wildman–Crippen MR) is 41.1 cm³/mol. The second kappa shape index (κ2) is 3.69. The summed E-state index contributed by atoms with van der Waals surface area (Å²) in [5, 5.41) is 14.8. The topological polar surface area (TPSA) is 61.4 Å². The number of aliphatic hydroxyl groups is 1. The average molecular weight is 158 g/mol. The Morgan fingerprint density at radius 3 is 3.00 bits per heavy atom. The van der Waals surface area contributed by atoms with Gasteiger partial charge in [0.2, 0.25) is 5.91 Å². The van der Waals surface area contributed by atoms with Crippen molar-refractivity contribution >= 4 is 5.91 Å². The van der Waals surface area contributed by atoms with Crippen LogP contribution in [0.25, 0.3) is 0 Å². The van der Waals surface area contributed by atoms with Crippen LogP contribution in [0.2, 0.25) is 0 Å². The molecule has 64 valence electrons. The van der Waals surface area contributed by atoms with Gasteiger partial charge in [-0.05, 0) is 19.4 Å². The van der Waals surface area contributed by atoms with Gasteiger partial charge < -0.3 is 15.7 Å². The number of hydrogen-bond donors (Lipinski definition) is 3. The van der Waals surface area contributed by atoms with Crippen LogP contribution >= 0.6 is 0 Å². The SMILES string of the molecule is CNC(=O)C1CC(O)CCN1. The zero-order valence-corrected chi connectivity index (χ0v) is 6.63. The van der Waals surface area contributed by atoms with Crippen LogP contribution in [-0.2, 0) is 4.79 Å². The number of hydrogen-bond acceptors (Lipinski definition) is 3. The Kier molecular flexibility index (Phi) is 2.84. The lowest BCUT2D eigenvalue weighted by atomic mass is 10.0. The lowest BCUT2D eigenvalue weighted by Crippen LogP contribution is -2.49. The molecule has 3 N–H and O–H groups in total. The fraction of sp³-hybridized carbons (Fsp3) is 0.857. The molecule has 1 rings (SSSR count). The molecule has 4 heteroatoms. The van der Waals surface area contributed by atoms with Gasteiger partial charge in [0.1, 0.15) is 0 Å². The third-order valence-electron chi connectivity index (χ3n) is 1.94. The van der Waals surface area contributed by atoms with E-state index in [0.29, 0.717) is 6.42 Å². The van der Waals surface area contributed by atoms with Crippen LogP contribution in [0.3, 0.4) is 0 Å². The monoisotopic (exact) mass is 158 g/mol. The molecule has 0 saturated carbocycles. The number of rotatable bonds is 1. The maximum atomic E-state index is 11.0. The first-order valence-corrected chi connectivity index (χ1v) is 3.87. The molecule has 1 aliphatic heterocycles. The lowest BCUT2D eigenvalue weighted by molar-refractivity contribution is -0.124. The van der Waals surface area contributed by atoms with Gasteiger partial charge in [0.05, 0.1) is 12.1 Å². The maximum Gasteiger partial charge on any atom is 0.236 e. The van der Waals surface area contributed by atoms with E-state index in [1.165, 1.54) is 0 Å². The summed E-state index contributed by atoms with van der Waals surface area (Å²) in [7, 11) is 1.60. The summed E-state index contributed by atoms with van der Waals surface area (Å²) in [5.74, 6) is -0.0382. The van der Waals surface area contributed by atoms with Gasteiger partial charge in [-0.15, -0.1) is 0 Å². The number of nitrogens with one attached hydrogen (secondary N) is 2. The standard InChI is InChI=1S/C7H14N2O2/c1-8-7(11)6-4-5(10)2-3-9-6/h5-6,9-10H,2-4H2,1H3,(H,8,11). The van der Waals surface area contributed by atoms with Crippen molar-refractivity contribution in [3.05, 3.63) is 0 Å². The van der Waals surface area contributed by atoms with E-state index in [0.717, 1.165) is 13.0 Å². The molecule has 0 spiro atoms. The van der Waals surface area contributed by atoms with Crippen LogP contribution in [0.4, 0.5) is 0 Å². The number of piperidine rings is 1. The molecule has 0 aromatic rings. The maximum absolute atomic E-state index is 11.0. The number of likely N-dealkylation sites (N-methyl/N-ethyl adjacent to an activating group) is 1. The predicted octanol–water partition coefficient (Wildman–Crippen LogP) is -1.15. The van der Waals surface area contributed by atoms with Crippen molar-refractivity contribution in [2.24, 2.45) is 0 Å². The highest BCUT2D eigenvalue weighted by Gasteiger charge is 2.24. The molecule has 4 nitrogen and oxygen atoms in total. The van der Waals surface area contributed by atoms with Gasteiger partial charge in [-0.3, -0.25) is 4.79 Å². The summed E-state index contributed by atoms with van der Waals surface area (Å²) in [5.41, 5.74) is 0. The summed E-state index contributed by atoms with van der Waals surface area (Å²) in [6, 6.07) is -0.205. The van der Waals surface area contributed by atoms with E-state index in [2.05, 4.69) is 10.6 Å². The Hall–Kier alpha value is -0.610. The first-order valence-electron chi connectivity index (χ1n) is 3.87. The number of carbonyl (C=O) groups is 1. The molecule has 2 atom stereocenters. The second-order valence-electron chi connectivity index (χ2n) is 2.80. The minimum Gasteiger partial charge on any atom is -0.393 e. The van der Waals surface area contributed by atoms with Crippen molar-refractivity contribution in [1.82, 2.24) is 10.6 Å².